The molecule has 0 saturated heterocycles. The Labute approximate surface area is 189 Å². The first-order valence-electron chi connectivity index (χ1n) is 9.19. The molecule has 0 unspecified atom stereocenters. The van der Waals surface area contributed by atoms with Crippen LogP contribution in [0.5, 0.6) is 11.5 Å². The smallest absolute Gasteiger partial charge is 0.175 e. The quantitative estimate of drug-likeness (QED) is 0.372. The molecule has 0 aliphatic heterocycles. The lowest BCUT2D eigenvalue weighted by molar-refractivity contribution is 0.267. The lowest BCUT2D eigenvalue weighted by atomic mass is 10.2. The maximum absolute atomic E-state index is 6.25. The fourth-order valence-electron chi connectivity index (χ4n) is 2.79. The van der Waals surface area contributed by atoms with Crippen LogP contribution in [-0.4, -0.2) is 11.6 Å². The number of ether oxygens (including phenoxy) is 2. The Balaban J connectivity index is 1.72. The predicted octanol–water partition coefficient (Wildman–Crippen LogP) is 6.42. The van der Waals surface area contributed by atoms with Crippen molar-refractivity contribution in [3.05, 3.63) is 86.1 Å². The van der Waals surface area contributed by atoms with Gasteiger partial charge in [0.25, 0.3) is 0 Å². The first kappa shape index (κ1) is 21.9. The Bertz CT molecular complexity index is 935. The Morgan fingerprint density at radius 2 is 1.66 bits per heavy atom. The topological polar surface area (TPSA) is 43.4 Å². The monoisotopic (exact) mass is 494 g/mol. The van der Waals surface area contributed by atoms with E-state index in [4.69, 9.17) is 32.7 Å². The molecule has 152 valence electrons. The third-order valence-corrected chi connectivity index (χ3v) is 5.50. The van der Waals surface area contributed by atoms with E-state index in [0.717, 1.165) is 22.1 Å². The van der Waals surface area contributed by atoms with Crippen molar-refractivity contribution in [1.82, 2.24) is 10.3 Å². The fraction of sp³-hybridized carbons (Fsp3) is 0.227. The fourth-order valence-corrected chi connectivity index (χ4v) is 3.90. The number of hydrogen-bond donors (Lipinski definition) is 1. The summed E-state index contributed by atoms with van der Waals surface area (Å²) < 4.78 is 12.7. The van der Waals surface area contributed by atoms with E-state index >= 15 is 0 Å². The summed E-state index contributed by atoms with van der Waals surface area (Å²) in [6.45, 7) is 4.17. The zero-order chi connectivity index (χ0) is 20.6. The van der Waals surface area contributed by atoms with Gasteiger partial charge >= 0.3 is 0 Å². The summed E-state index contributed by atoms with van der Waals surface area (Å²) in [7, 11) is 0. The van der Waals surface area contributed by atoms with Crippen LogP contribution in [0.15, 0.2) is 59.3 Å². The molecule has 0 saturated carbocycles. The van der Waals surface area contributed by atoms with E-state index in [1.165, 1.54) is 5.56 Å². The molecule has 3 aromatic rings. The summed E-state index contributed by atoms with van der Waals surface area (Å²) in [6.07, 6.45) is 3.58. The van der Waals surface area contributed by atoms with Gasteiger partial charge in [0.05, 0.1) is 11.1 Å². The second-order valence-electron chi connectivity index (χ2n) is 6.29. The third kappa shape index (κ3) is 6.09. The standard InChI is InChI=1S/C22H21BrCl2N2O2/c1-2-28-21-11-16(13-27-12-15-6-8-26-9-7-15)10-18(23)22(21)29-14-17-19(24)4-3-5-20(17)25/h3-11,27H,2,12-14H2,1H3. The lowest BCUT2D eigenvalue weighted by Gasteiger charge is -2.17. The van der Waals surface area contributed by atoms with E-state index in [1.54, 1.807) is 24.5 Å². The first-order valence-corrected chi connectivity index (χ1v) is 10.7. The maximum atomic E-state index is 6.25. The highest BCUT2D eigenvalue weighted by Crippen LogP contribution is 2.38. The Morgan fingerprint density at radius 3 is 2.34 bits per heavy atom. The van der Waals surface area contributed by atoms with Crippen LogP contribution in [0.1, 0.15) is 23.6 Å². The average molecular weight is 496 g/mol. The SMILES string of the molecule is CCOc1cc(CNCc2ccncc2)cc(Br)c1OCc1c(Cl)cccc1Cl. The Kier molecular flexibility index (Phi) is 8.19. The van der Waals surface area contributed by atoms with Crippen LogP contribution >= 0.6 is 39.1 Å². The molecule has 4 nitrogen and oxygen atoms in total. The van der Waals surface area contributed by atoms with Crippen molar-refractivity contribution in [2.75, 3.05) is 6.61 Å². The number of rotatable bonds is 9. The molecule has 29 heavy (non-hydrogen) atoms. The molecule has 0 atom stereocenters. The summed E-state index contributed by atoms with van der Waals surface area (Å²) in [5.41, 5.74) is 3.01. The van der Waals surface area contributed by atoms with E-state index in [2.05, 4.69) is 26.2 Å². The lowest BCUT2D eigenvalue weighted by Crippen LogP contribution is -2.13. The molecule has 0 spiro atoms. The van der Waals surface area contributed by atoms with E-state index < -0.39 is 0 Å². The molecular weight excluding hydrogens is 475 g/mol. The number of aromatic nitrogens is 1. The minimum absolute atomic E-state index is 0.247. The highest BCUT2D eigenvalue weighted by atomic mass is 79.9. The summed E-state index contributed by atoms with van der Waals surface area (Å²) in [5, 5.41) is 4.57. The minimum atomic E-state index is 0.247. The summed E-state index contributed by atoms with van der Waals surface area (Å²) in [6, 6.07) is 13.4. The van der Waals surface area contributed by atoms with Crippen LogP contribution in [0.3, 0.4) is 0 Å². The second kappa shape index (κ2) is 10.8. The van der Waals surface area contributed by atoms with Gasteiger partial charge in [0.15, 0.2) is 11.5 Å². The van der Waals surface area contributed by atoms with Crippen molar-refractivity contribution in [3.8, 4) is 11.5 Å². The third-order valence-electron chi connectivity index (χ3n) is 4.20. The largest absolute Gasteiger partial charge is 0.490 e. The van der Waals surface area contributed by atoms with Gasteiger partial charge in [-0.2, -0.15) is 0 Å². The number of pyridine rings is 1. The van der Waals surface area contributed by atoms with Gasteiger partial charge in [0.2, 0.25) is 0 Å². The minimum Gasteiger partial charge on any atom is -0.490 e. The van der Waals surface area contributed by atoms with Crippen LogP contribution in [0.2, 0.25) is 10.0 Å². The van der Waals surface area contributed by atoms with Gasteiger partial charge in [-0.15, -0.1) is 0 Å². The number of nitrogens with zero attached hydrogens (tertiary/aromatic N) is 1. The molecule has 0 fully saturated rings. The summed E-state index contributed by atoms with van der Waals surface area (Å²) in [4.78, 5) is 4.03. The number of halogens is 3. The second-order valence-corrected chi connectivity index (χ2v) is 7.95. The maximum Gasteiger partial charge on any atom is 0.175 e. The van der Waals surface area contributed by atoms with E-state index in [9.17, 15) is 0 Å². The van der Waals surface area contributed by atoms with Gasteiger partial charge in [0, 0.05) is 41.1 Å². The summed E-state index contributed by atoms with van der Waals surface area (Å²) >= 11 is 16.1. The molecular formula is C22H21BrCl2N2O2. The Morgan fingerprint density at radius 1 is 0.966 bits per heavy atom. The van der Waals surface area contributed by atoms with Crippen molar-refractivity contribution in [3.63, 3.8) is 0 Å². The van der Waals surface area contributed by atoms with E-state index in [-0.39, 0.29) is 6.61 Å². The zero-order valence-corrected chi connectivity index (χ0v) is 19.0. The van der Waals surface area contributed by atoms with Gasteiger partial charge < -0.3 is 14.8 Å². The molecule has 1 aromatic heterocycles. The van der Waals surface area contributed by atoms with Gasteiger partial charge in [-0.3, -0.25) is 4.98 Å². The molecule has 1 N–H and O–H groups in total. The van der Waals surface area contributed by atoms with Crippen LogP contribution in [0.25, 0.3) is 0 Å². The molecule has 3 rings (SSSR count). The molecule has 2 aromatic carbocycles. The van der Waals surface area contributed by atoms with Gasteiger partial charge in [-0.1, -0.05) is 29.3 Å². The van der Waals surface area contributed by atoms with Gasteiger partial charge in [0.1, 0.15) is 6.61 Å². The predicted molar refractivity (Wildman–Crippen MR) is 121 cm³/mol. The zero-order valence-electron chi connectivity index (χ0n) is 15.9. The molecule has 1 heterocycles. The normalized spacial score (nSPS) is 10.8. The molecule has 0 aliphatic carbocycles. The van der Waals surface area contributed by atoms with Crippen LogP contribution in [0, 0.1) is 0 Å². The van der Waals surface area contributed by atoms with Crippen molar-refractivity contribution in [1.29, 1.82) is 0 Å². The van der Waals surface area contributed by atoms with E-state index in [0.29, 0.717) is 34.7 Å². The van der Waals surface area contributed by atoms with Crippen molar-refractivity contribution in [2.45, 2.75) is 26.6 Å². The first-order chi connectivity index (χ1) is 14.1. The number of benzene rings is 2. The Hall–Kier alpha value is -1.79. The van der Waals surface area contributed by atoms with Crippen molar-refractivity contribution in [2.24, 2.45) is 0 Å². The van der Waals surface area contributed by atoms with Gasteiger partial charge in [-0.05, 0) is 70.4 Å². The van der Waals surface area contributed by atoms with Crippen molar-refractivity contribution >= 4 is 39.1 Å². The van der Waals surface area contributed by atoms with E-state index in [1.807, 2.05) is 37.3 Å². The molecule has 0 aliphatic rings. The highest BCUT2D eigenvalue weighted by Gasteiger charge is 2.14. The molecule has 0 amide bonds. The van der Waals surface area contributed by atoms with Crippen LogP contribution < -0.4 is 14.8 Å². The molecule has 0 bridgehead atoms. The molecule has 7 heteroatoms. The van der Waals surface area contributed by atoms with Crippen LogP contribution in [0.4, 0.5) is 0 Å². The highest BCUT2D eigenvalue weighted by molar-refractivity contribution is 9.10. The molecule has 0 radical (unpaired) electrons. The number of hydrogen-bond acceptors (Lipinski definition) is 4. The average Bonchev–Trinajstić information content (AvgIpc) is 2.70. The van der Waals surface area contributed by atoms with Crippen LogP contribution in [-0.2, 0) is 19.7 Å². The van der Waals surface area contributed by atoms with Crippen molar-refractivity contribution < 1.29 is 9.47 Å². The summed E-state index contributed by atoms with van der Waals surface area (Å²) in [5.74, 6) is 1.30. The number of nitrogens with one attached hydrogen (secondary N) is 1. The van der Waals surface area contributed by atoms with Gasteiger partial charge in [-0.25, -0.2) is 0 Å².